The number of carbonyl (C=O) groups is 1. The zero-order chi connectivity index (χ0) is 22.3. The second-order valence-corrected chi connectivity index (χ2v) is 11.2. The molecule has 3 fully saturated rings. The van der Waals surface area contributed by atoms with E-state index in [4.69, 9.17) is 4.74 Å². The zero-order valence-electron chi connectivity index (χ0n) is 19.8. The lowest BCUT2D eigenvalue weighted by atomic mass is 9.57. The molecule has 0 unspecified atom stereocenters. The van der Waals surface area contributed by atoms with Crippen molar-refractivity contribution in [2.45, 2.75) is 77.5 Å². The number of rotatable bonds is 6. The van der Waals surface area contributed by atoms with Crippen LogP contribution in [0.15, 0.2) is 18.3 Å². The molecule has 1 aliphatic heterocycles. The van der Waals surface area contributed by atoms with Crippen LogP contribution in [0.2, 0.25) is 0 Å². The molecule has 0 aromatic carbocycles. The number of morpholine rings is 1. The van der Waals surface area contributed by atoms with E-state index in [0.717, 1.165) is 38.6 Å². The molecule has 1 aromatic heterocycles. The molecule has 3 aliphatic rings. The fraction of sp³-hybridized carbons (Fsp3) is 0.800. The predicted molar refractivity (Wildman–Crippen MR) is 121 cm³/mol. The van der Waals surface area contributed by atoms with Gasteiger partial charge < -0.3 is 24.6 Å². The van der Waals surface area contributed by atoms with Gasteiger partial charge in [0, 0.05) is 51.0 Å². The van der Waals surface area contributed by atoms with E-state index in [9.17, 15) is 9.90 Å². The number of nitrogens with zero attached hydrogens (tertiary/aromatic N) is 2. The van der Waals surface area contributed by atoms with Crippen molar-refractivity contribution in [1.29, 1.82) is 0 Å². The van der Waals surface area contributed by atoms with Crippen molar-refractivity contribution >= 4 is 5.91 Å². The lowest BCUT2D eigenvalue weighted by Gasteiger charge is -2.51. The van der Waals surface area contributed by atoms with E-state index in [1.807, 2.05) is 11.8 Å². The molecule has 1 saturated heterocycles. The molecule has 1 aromatic rings. The number of fused-ring (bicyclic) bond motifs is 1. The van der Waals surface area contributed by atoms with E-state index in [0.29, 0.717) is 44.7 Å². The molecule has 0 spiro atoms. The number of hydrogen-bond donors (Lipinski definition) is 2. The van der Waals surface area contributed by atoms with Crippen LogP contribution in [0.5, 0.6) is 0 Å². The van der Waals surface area contributed by atoms with Gasteiger partial charge in [-0.2, -0.15) is 0 Å². The van der Waals surface area contributed by atoms with Gasteiger partial charge in [-0.3, -0.25) is 4.79 Å². The third-order valence-electron chi connectivity index (χ3n) is 8.58. The quantitative estimate of drug-likeness (QED) is 0.726. The first-order chi connectivity index (χ1) is 14.6. The fourth-order valence-corrected chi connectivity index (χ4v) is 6.73. The summed E-state index contributed by atoms with van der Waals surface area (Å²) < 4.78 is 7.59. The highest BCUT2D eigenvalue weighted by molar-refractivity contribution is 5.76. The van der Waals surface area contributed by atoms with Crippen LogP contribution in [0.3, 0.4) is 0 Å². The minimum atomic E-state index is -0.605. The first-order valence-electron chi connectivity index (χ1n) is 12.0. The highest BCUT2D eigenvalue weighted by atomic mass is 16.5. The molecule has 4 atom stereocenters. The molecule has 174 valence electrons. The van der Waals surface area contributed by atoms with Crippen LogP contribution >= 0.6 is 0 Å². The molecule has 2 saturated carbocycles. The van der Waals surface area contributed by atoms with Crippen LogP contribution < -0.4 is 5.32 Å². The van der Waals surface area contributed by atoms with Gasteiger partial charge in [-0.25, -0.2) is 0 Å². The fourth-order valence-electron chi connectivity index (χ4n) is 6.73. The van der Waals surface area contributed by atoms with Crippen molar-refractivity contribution in [3.63, 3.8) is 0 Å². The van der Waals surface area contributed by atoms with E-state index in [2.05, 4.69) is 49.1 Å². The summed E-state index contributed by atoms with van der Waals surface area (Å²) in [6.45, 7) is 10.3. The Kier molecular flexibility index (Phi) is 6.27. The van der Waals surface area contributed by atoms with Crippen molar-refractivity contribution in [3.05, 3.63) is 24.0 Å². The Bertz CT molecular complexity index is 781. The van der Waals surface area contributed by atoms with Crippen molar-refractivity contribution in [3.8, 4) is 0 Å². The van der Waals surface area contributed by atoms with E-state index in [-0.39, 0.29) is 16.7 Å². The van der Waals surface area contributed by atoms with Gasteiger partial charge >= 0.3 is 0 Å². The molecular formula is C25H41N3O3. The monoisotopic (exact) mass is 431 g/mol. The zero-order valence-corrected chi connectivity index (χ0v) is 19.8. The number of aliphatic hydroxyl groups is 1. The highest BCUT2D eigenvalue weighted by Crippen LogP contribution is 2.63. The smallest absolute Gasteiger partial charge is 0.222 e. The molecule has 2 aliphatic carbocycles. The Morgan fingerprint density at radius 3 is 2.65 bits per heavy atom. The summed E-state index contributed by atoms with van der Waals surface area (Å²) in [6, 6.07) is 4.62. The highest BCUT2D eigenvalue weighted by Gasteiger charge is 2.61. The van der Waals surface area contributed by atoms with E-state index < -0.39 is 5.60 Å². The van der Waals surface area contributed by atoms with Gasteiger partial charge in [0.25, 0.3) is 0 Å². The lowest BCUT2D eigenvalue weighted by Crippen LogP contribution is -2.52. The average molecular weight is 432 g/mol. The van der Waals surface area contributed by atoms with Gasteiger partial charge in [-0.15, -0.1) is 0 Å². The van der Waals surface area contributed by atoms with Gasteiger partial charge in [0.2, 0.25) is 5.91 Å². The third kappa shape index (κ3) is 4.57. The average Bonchev–Trinajstić information content (AvgIpc) is 3.23. The third-order valence-corrected chi connectivity index (χ3v) is 8.58. The Hall–Kier alpha value is -1.37. The van der Waals surface area contributed by atoms with E-state index in [1.165, 1.54) is 5.69 Å². The normalized spacial score (nSPS) is 35.2. The SMILES string of the molecule is Cn1cccc1CN[C@H]1CC(C)(C)[C@@H]2C[C@](C)(O)CC[C@@]12CCC(=O)N1CCOCC1. The summed E-state index contributed by atoms with van der Waals surface area (Å²) in [6.07, 6.45) is 7.29. The van der Waals surface area contributed by atoms with Crippen molar-refractivity contribution < 1.29 is 14.6 Å². The van der Waals surface area contributed by atoms with Gasteiger partial charge in [-0.1, -0.05) is 13.8 Å². The van der Waals surface area contributed by atoms with Gasteiger partial charge in [0.05, 0.1) is 18.8 Å². The molecule has 0 radical (unpaired) electrons. The minimum Gasteiger partial charge on any atom is -0.390 e. The minimum absolute atomic E-state index is 0.0544. The summed E-state index contributed by atoms with van der Waals surface area (Å²) in [5.74, 6) is 0.673. The van der Waals surface area contributed by atoms with E-state index >= 15 is 0 Å². The summed E-state index contributed by atoms with van der Waals surface area (Å²) in [7, 11) is 2.09. The number of ether oxygens (including phenoxy) is 1. The molecule has 2 N–H and O–H groups in total. The maximum atomic E-state index is 13.0. The predicted octanol–water partition coefficient (Wildman–Crippen LogP) is 3.09. The Morgan fingerprint density at radius 2 is 1.97 bits per heavy atom. The molecular weight excluding hydrogens is 390 g/mol. The molecule has 0 bridgehead atoms. The summed E-state index contributed by atoms with van der Waals surface area (Å²) in [5.41, 5.74) is 0.868. The number of aryl methyl sites for hydroxylation is 1. The topological polar surface area (TPSA) is 66.7 Å². The Labute approximate surface area is 187 Å². The summed E-state index contributed by atoms with van der Waals surface area (Å²) >= 11 is 0. The molecule has 1 amide bonds. The first-order valence-corrected chi connectivity index (χ1v) is 12.0. The Morgan fingerprint density at radius 1 is 1.23 bits per heavy atom. The van der Waals surface area contributed by atoms with Gasteiger partial charge in [0.15, 0.2) is 0 Å². The molecule has 6 nitrogen and oxygen atoms in total. The largest absolute Gasteiger partial charge is 0.390 e. The standard InChI is InChI=1S/C25H41N3O3/c1-23(2)17-21(26-18-19-6-5-11-27(19)4)25(10-9-24(3,30)16-20(23)25)8-7-22(29)28-12-14-31-15-13-28/h5-6,11,20-21,26,30H,7-10,12-18H2,1-4H3/t20-,21-,24+,25+/m0/s1. The van der Waals surface area contributed by atoms with Crippen LogP contribution in [0.1, 0.15) is 65.0 Å². The van der Waals surface area contributed by atoms with E-state index in [1.54, 1.807) is 0 Å². The maximum absolute atomic E-state index is 13.0. The first kappa shape index (κ1) is 22.8. The number of amides is 1. The molecule has 6 heteroatoms. The van der Waals surface area contributed by atoms with Crippen LogP contribution in [0.4, 0.5) is 0 Å². The van der Waals surface area contributed by atoms with Crippen molar-refractivity contribution in [2.24, 2.45) is 23.8 Å². The van der Waals surface area contributed by atoms with Gasteiger partial charge in [0.1, 0.15) is 0 Å². The lowest BCUT2D eigenvalue weighted by molar-refractivity contribution is -0.137. The number of hydrogen-bond acceptors (Lipinski definition) is 4. The Balaban J connectivity index is 1.54. The molecule has 4 rings (SSSR count). The maximum Gasteiger partial charge on any atom is 0.222 e. The van der Waals surface area contributed by atoms with Crippen LogP contribution in [-0.4, -0.2) is 58.4 Å². The van der Waals surface area contributed by atoms with Crippen molar-refractivity contribution in [2.75, 3.05) is 26.3 Å². The summed E-state index contributed by atoms with van der Waals surface area (Å²) in [4.78, 5) is 15.0. The number of aromatic nitrogens is 1. The van der Waals surface area contributed by atoms with Gasteiger partial charge in [-0.05, 0) is 67.9 Å². The number of carbonyl (C=O) groups excluding carboxylic acids is 1. The van der Waals surface area contributed by atoms with Crippen molar-refractivity contribution in [1.82, 2.24) is 14.8 Å². The van der Waals surface area contributed by atoms with Crippen LogP contribution in [0.25, 0.3) is 0 Å². The van der Waals surface area contributed by atoms with Crippen LogP contribution in [-0.2, 0) is 23.1 Å². The second kappa shape index (κ2) is 8.53. The molecule has 2 heterocycles. The second-order valence-electron chi connectivity index (χ2n) is 11.2. The molecule has 31 heavy (non-hydrogen) atoms. The summed E-state index contributed by atoms with van der Waals surface area (Å²) in [5, 5.41) is 14.8. The number of nitrogens with one attached hydrogen (secondary N) is 1. The van der Waals surface area contributed by atoms with Crippen LogP contribution in [0, 0.1) is 16.7 Å².